The minimum atomic E-state index is -3.89. The van der Waals surface area contributed by atoms with Gasteiger partial charge in [-0.05, 0) is 73.8 Å². The van der Waals surface area contributed by atoms with E-state index in [1.807, 2.05) is 75.4 Å². The molecule has 1 saturated heterocycles. The molecule has 0 bridgehead atoms. The molecule has 4 amide bonds. The van der Waals surface area contributed by atoms with E-state index < -0.39 is 78.4 Å². The summed E-state index contributed by atoms with van der Waals surface area (Å²) in [6, 6.07) is 16.0. The van der Waals surface area contributed by atoms with Gasteiger partial charge in [-0.2, -0.15) is 0 Å². The summed E-state index contributed by atoms with van der Waals surface area (Å²) in [5, 5.41) is 5.15. The topological polar surface area (TPSA) is 151 Å². The van der Waals surface area contributed by atoms with Crippen LogP contribution in [-0.4, -0.2) is 77.4 Å². The summed E-state index contributed by atoms with van der Waals surface area (Å²) in [6.45, 7) is 18.8. The standard InChI is InChI=1S/C40H54N4O7S2/c1-10-28-22-40(28,35(47)43-53(49,50)30-20-21-30)42-33(45)31-23-39(52-25(2)3,29-18-16-27(17-19-29)26-14-12-11-13-15-26)24-44(31)34(46)32(37(4,5)6)41-36(48)51-38(7,8)9/h10-19,25,28,30-32H,1,20-24H2,2-9H3,(H,41,48)(H,42,45)(H,43,47)/t28-,31+,32-,39+,40-/m1/s1. The van der Waals surface area contributed by atoms with Gasteiger partial charge in [-0.3, -0.25) is 19.1 Å². The lowest BCUT2D eigenvalue weighted by Crippen LogP contribution is -2.60. The van der Waals surface area contributed by atoms with Crippen molar-refractivity contribution in [1.82, 2.24) is 20.3 Å². The van der Waals surface area contributed by atoms with Crippen molar-refractivity contribution in [3.8, 4) is 11.1 Å². The van der Waals surface area contributed by atoms with Gasteiger partial charge in [0.2, 0.25) is 21.8 Å². The van der Waals surface area contributed by atoms with E-state index in [4.69, 9.17) is 4.74 Å². The summed E-state index contributed by atoms with van der Waals surface area (Å²) in [5.41, 5.74) is -0.122. The largest absolute Gasteiger partial charge is 0.444 e. The third-order valence-electron chi connectivity index (χ3n) is 9.91. The van der Waals surface area contributed by atoms with E-state index in [9.17, 15) is 27.6 Å². The fourth-order valence-electron chi connectivity index (χ4n) is 7.01. The van der Waals surface area contributed by atoms with Crippen molar-refractivity contribution in [3.63, 3.8) is 0 Å². The van der Waals surface area contributed by atoms with Crippen molar-refractivity contribution in [1.29, 1.82) is 0 Å². The van der Waals surface area contributed by atoms with E-state index in [2.05, 4.69) is 35.8 Å². The molecule has 0 spiro atoms. The van der Waals surface area contributed by atoms with Crippen LogP contribution in [0.25, 0.3) is 11.1 Å². The predicted octanol–water partition coefficient (Wildman–Crippen LogP) is 5.90. The highest BCUT2D eigenvalue weighted by Crippen LogP contribution is 2.51. The van der Waals surface area contributed by atoms with Crippen molar-refractivity contribution in [2.75, 3.05) is 6.54 Å². The SMILES string of the molecule is C=C[C@@H]1C[C@]1(NC(=O)[C@@H]1C[C@@](SC(C)C)(c2ccc(-c3ccccc3)cc2)CN1C(=O)[C@@H](NC(=O)OC(C)(C)C)C(C)(C)C)C(=O)NS(=O)(=O)C1CC1. The van der Waals surface area contributed by atoms with Gasteiger partial charge < -0.3 is 20.3 Å². The van der Waals surface area contributed by atoms with Crippen molar-refractivity contribution in [2.24, 2.45) is 11.3 Å². The number of carbonyl (C=O) groups excluding carboxylic acids is 4. The molecular weight excluding hydrogens is 713 g/mol. The number of likely N-dealkylation sites (tertiary alicyclic amines) is 1. The number of carbonyl (C=O) groups is 4. The monoisotopic (exact) mass is 766 g/mol. The molecule has 11 nitrogen and oxygen atoms in total. The maximum atomic E-state index is 14.8. The number of thioether (sulfide) groups is 1. The second-order valence-electron chi connectivity index (χ2n) is 16.9. The Kier molecular flexibility index (Phi) is 11.2. The minimum absolute atomic E-state index is 0.0965. The summed E-state index contributed by atoms with van der Waals surface area (Å²) in [4.78, 5) is 57.7. The van der Waals surface area contributed by atoms with Gasteiger partial charge in [0, 0.05) is 12.5 Å². The number of nitrogens with one attached hydrogen (secondary N) is 3. The minimum Gasteiger partial charge on any atom is -0.444 e. The Morgan fingerprint density at radius 3 is 2.06 bits per heavy atom. The molecule has 2 aliphatic carbocycles. The highest BCUT2D eigenvalue weighted by molar-refractivity contribution is 8.00. The Morgan fingerprint density at radius 2 is 1.55 bits per heavy atom. The zero-order valence-corrected chi connectivity index (χ0v) is 33.7. The van der Waals surface area contributed by atoms with Crippen LogP contribution in [0.3, 0.4) is 0 Å². The maximum absolute atomic E-state index is 14.8. The van der Waals surface area contributed by atoms with Crippen LogP contribution in [0, 0.1) is 11.3 Å². The highest BCUT2D eigenvalue weighted by atomic mass is 32.2. The molecule has 1 aliphatic heterocycles. The zero-order chi connectivity index (χ0) is 39.1. The predicted molar refractivity (Wildman–Crippen MR) is 208 cm³/mol. The number of nitrogens with zero attached hydrogens (tertiary/aromatic N) is 1. The van der Waals surface area contributed by atoms with Gasteiger partial charge in [0.05, 0.1) is 10.00 Å². The summed E-state index contributed by atoms with van der Waals surface area (Å²) in [6.07, 6.45) is 2.10. The number of hydrogen-bond acceptors (Lipinski definition) is 8. The summed E-state index contributed by atoms with van der Waals surface area (Å²) >= 11 is 1.65. The first-order chi connectivity index (χ1) is 24.6. The Bertz CT molecular complexity index is 1830. The second kappa shape index (κ2) is 14.8. The van der Waals surface area contributed by atoms with Crippen LogP contribution < -0.4 is 15.4 Å². The molecule has 0 aromatic heterocycles. The zero-order valence-electron chi connectivity index (χ0n) is 32.0. The highest BCUT2D eigenvalue weighted by Gasteiger charge is 2.62. The number of alkyl carbamates (subject to hydrolysis) is 1. The number of sulfonamides is 1. The van der Waals surface area contributed by atoms with Crippen LogP contribution in [0.1, 0.15) is 86.6 Å². The number of benzene rings is 2. The molecule has 5 atom stereocenters. The normalized spacial score (nSPS) is 25.0. The lowest BCUT2D eigenvalue weighted by atomic mass is 9.85. The Labute approximate surface area is 318 Å². The molecule has 0 radical (unpaired) electrons. The molecule has 5 rings (SSSR count). The molecule has 1 heterocycles. The van der Waals surface area contributed by atoms with Crippen LogP contribution >= 0.6 is 11.8 Å². The van der Waals surface area contributed by atoms with Gasteiger partial charge in [-0.15, -0.1) is 18.3 Å². The quantitative estimate of drug-likeness (QED) is 0.226. The van der Waals surface area contributed by atoms with E-state index in [1.165, 1.54) is 11.0 Å². The molecule has 13 heteroatoms. The van der Waals surface area contributed by atoms with Crippen molar-refractivity contribution in [2.45, 2.75) is 120 Å². The molecule has 2 aromatic carbocycles. The van der Waals surface area contributed by atoms with E-state index in [1.54, 1.807) is 32.5 Å². The first kappa shape index (κ1) is 40.3. The van der Waals surface area contributed by atoms with E-state index in [0.29, 0.717) is 12.8 Å². The molecule has 53 heavy (non-hydrogen) atoms. The lowest BCUT2D eigenvalue weighted by Gasteiger charge is -2.36. The third kappa shape index (κ3) is 9.11. The van der Waals surface area contributed by atoms with E-state index >= 15 is 0 Å². The lowest BCUT2D eigenvalue weighted by molar-refractivity contribution is -0.143. The molecule has 2 aromatic rings. The molecule has 3 aliphatic rings. The second-order valence-corrected chi connectivity index (χ2v) is 20.8. The van der Waals surface area contributed by atoms with Crippen LogP contribution in [0.2, 0.25) is 0 Å². The fraction of sp³-hybridized carbons (Fsp3) is 0.550. The average Bonchev–Trinajstić information content (AvgIpc) is 3.99. The summed E-state index contributed by atoms with van der Waals surface area (Å²) < 4.78 is 32.6. The van der Waals surface area contributed by atoms with Gasteiger partial charge >= 0.3 is 6.09 Å². The van der Waals surface area contributed by atoms with Crippen molar-refractivity contribution >= 4 is 45.6 Å². The number of hydrogen-bond donors (Lipinski definition) is 3. The first-order valence-corrected chi connectivity index (χ1v) is 20.7. The van der Waals surface area contributed by atoms with Gasteiger partial charge in [0.1, 0.15) is 23.2 Å². The number of amides is 4. The summed E-state index contributed by atoms with van der Waals surface area (Å²) in [5.74, 6) is -2.36. The van der Waals surface area contributed by atoms with E-state index in [-0.39, 0.29) is 24.6 Å². The number of rotatable bonds is 12. The molecule has 2 saturated carbocycles. The Morgan fingerprint density at radius 1 is 0.943 bits per heavy atom. The number of ether oxygens (including phenoxy) is 1. The Balaban J connectivity index is 1.54. The van der Waals surface area contributed by atoms with Gasteiger partial charge in [0.25, 0.3) is 5.91 Å². The Hall–Kier alpha value is -3.84. The van der Waals surface area contributed by atoms with Crippen LogP contribution in [0.5, 0.6) is 0 Å². The average molecular weight is 767 g/mol. The van der Waals surface area contributed by atoms with Crippen LogP contribution in [0.4, 0.5) is 4.79 Å². The van der Waals surface area contributed by atoms with Crippen molar-refractivity contribution < 1.29 is 32.3 Å². The van der Waals surface area contributed by atoms with Crippen LogP contribution in [0.15, 0.2) is 67.3 Å². The van der Waals surface area contributed by atoms with Gasteiger partial charge in [-0.1, -0.05) is 95.3 Å². The molecule has 0 unspecified atom stereocenters. The van der Waals surface area contributed by atoms with Crippen LogP contribution in [-0.2, 0) is 33.9 Å². The molecule has 288 valence electrons. The van der Waals surface area contributed by atoms with E-state index in [0.717, 1.165) is 16.7 Å². The summed E-state index contributed by atoms with van der Waals surface area (Å²) in [7, 11) is -3.89. The molecule has 3 fully saturated rings. The van der Waals surface area contributed by atoms with Crippen molar-refractivity contribution in [3.05, 3.63) is 72.8 Å². The molecule has 3 N–H and O–H groups in total. The maximum Gasteiger partial charge on any atom is 0.408 e. The van der Waals surface area contributed by atoms with Gasteiger partial charge in [-0.25, -0.2) is 13.2 Å². The third-order valence-corrected chi connectivity index (χ3v) is 13.2. The smallest absolute Gasteiger partial charge is 0.408 e. The first-order valence-electron chi connectivity index (χ1n) is 18.3. The fourth-order valence-corrected chi connectivity index (χ4v) is 10.0. The van der Waals surface area contributed by atoms with Gasteiger partial charge in [0.15, 0.2) is 0 Å². The molecular formula is C40H54N4O7S2.